The molecule has 0 saturated carbocycles. The smallest absolute Gasteiger partial charge is 0.276 e. The fraction of sp³-hybridized carbons (Fsp3) is 0.438. The maximum Gasteiger partial charge on any atom is 0.276 e. The molecule has 1 rings (SSSR count). The van der Waals surface area contributed by atoms with Gasteiger partial charge in [0, 0.05) is 6.42 Å². The number of carbonyl (C=O) groups excluding carboxylic acids is 2. The lowest BCUT2D eigenvalue weighted by Crippen LogP contribution is -2.49. The molecule has 2 amide bonds. The fourth-order valence-electron chi connectivity index (χ4n) is 1.82. The highest BCUT2D eigenvalue weighted by atomic mass is 32.1. The third-order valence-corrected chi connectivity index (χ3v) is 3.22. The largest absolute Gasteiger partial charge is 0.483 e. The zero-order valence-corrected chi connectivity index (χ0v) is 14.5. The summed E-state index contributed by atoms with van der Waals surface area (Å²) in [5.74, 6) is 0.0847. The van der Waals surface area contributed by atoms with Crippen molar-refractivity contribution in [2.75, 3.05) is 6.61 Å². The summed E-state index contributed by atoms with van der Waals surface area (Å²) in [5, 5.41) is 2.55. The van der Waals surface area contributed by atoms with Crippen molar-refractivity contribution in [1.29, 1.82) is 0 Å². The zero-order valence-electron chi connectivity index (χ0n) is 13.7. The van der Waals surface area contributed by atoms with Crippen molar-refractivity contribution in [2.24, 2.45) is 0 Å². The molecule has 0 atom stereocenters. The van der Waals surface area contributed by atoms with Gasteiger partial charge in [-0.3, -0.25) is 20.4 Å². The summed E-state index contributed by atoms with van der Waals surface area (Å²) in [7, 11) is 0. The number of hydrazine groups is 1. The van der Waals surface area contributed by atoms with Gasteiger partial charge in [-0.2, -0.15) is 0 Å². The van der Waals surface area contributed by atoms with Gasteiger partial charge in [0.15, 0.2) is 11.7 Å². The number of unbranched alkanes of at least 4 members (excludes halogenated alkanes) is 1. The molecule has 0 aliphatic rings. The van der Waals surface area contributed by atoms with E-state index < -0.39 is 5.91 Å². The van der Waals surface area contributed by atoms with Crippen LogP contribution in [-0.4, -0.2) is 23.5 Å². The van der Waals surface area contributed by atoms with Gasteiger partial charge in [0.25, 0.3) is 5.91 Å². The average Bonchev–Trinajstić information content (AvgIpc) is 2.50. The summed E-state index contributed by atoms with van der Waals surface area (Å²) in [6.45, 7) is 5.76. The van der Waals surface area contributed by atoms with E-state index >= 15 is 0 Å². The third-order valence-electron chi connectivity index (χ3n) is 3.01. The maximum absolute atomic E-state index is 11.7. The van der Waals surface area contributed by atoms with E-state index in [0.717, 1.165) is 24.0 Å². The topological polar surface area (TPSA) is 79.5 Å². The zero-order chi connectivity index (χ0) is 17.2. The van der Waals surface area contributed by atoms with Crippen LogP contribution >= 0.6 is 12.2 Å². The van der Waals surface area contributed by atoms with Crippen molar-refractivity contribution in [2.45, 2.75) is 40.0 Å². The molecule has 1 aromatic carbocycles. The third kappa shape index (κ3) is 7.60. The van der Waals surface area contributed by atoms with Crippen LogP contribution in [0.15, 0.2) is 18.2 Å². The molecule has 0 bridgehead atoms. The molecule has 0 spiro atoms. The quantitative estimate of drug-likeness (QED) is 0.546. The molecular weight excluding hydrogens is 314 g/mol. The number of hydrogen-bond donors (Lipinski definition) is 3. The van der Waals surface area contributed by atoms with Crippen molar-refractivity contribution in [3.05, 3.63) is 29.3 Å². The number of nitrogens with one attached hydrogen (secondary N) is 3. The summed E-state index contributed by atoms with van der Waals surface area (Å²) < 4.78 is 5.44. The molecule has 0 aliphatic carbocycles. The molecule has 0 unspecified atom stereocenters. The first kappa shape index (κ1) is 18.9. The van der Waals surface area contributed by atoms with Gasteiger partial charge in [-0.1, -0.05) is 31.0 Å². The standard InChI is InChI=1S/C16H23N3O3S/c1-4-5-6-14(20)17-16(23)19-18-15(21)10-22-13-8-7-11(2)9-12(13)3/h7-9H,4-6,10H2,1-3H3,(H,18,21)(H2,17,19,20,23). The van der Waals surface area contributed by atoms with Crippen LogP contribution in [0.3, 0.4) is 0 Å². The van der Waals surface area contributed by atoms with Gasteiger partial charge >= 0.3 is 0 Å². The molecule has 0 radical (unpaired) electrons. The summed E-state index contributed by atoms with van der Waals surface area (Å²) in [5.41, 5.74) is 6.94. The predicted molar refractivity (Wildman–Crippen MR) is 93.0 cm³/mol. The summed E-state index contributed by atoms with van der Waals surface area (Å²) >= 11 is 4.91. The second-order valence-corrected chi connectivity index (χ2v) is 5.62. The lowest BCUT2D eigenvalue weighted by molar-refractivity contribution is -0.124. The number of carbonyl (C=O) groups is 2. The SMILES string of the molecule is CCCCC(=O)NC(=S)NNC(=O)COc1ccc(C)cc1C. The number of hydrogen-bond acceptors (Lipinski definition) is 4. The Bertz CT molecular complexity index is 576. The first-order valence-corrected chi connectivity index (χ1v) is 7.92. The Labute approximate surface area is 141 Å². The van der Waals surface area contributed by atoms with E-state index in [4.69, 9.17) is 17.0 Å². The minimum absolute atomic E-state index is 0.0611. The van der Waals surface area contributed by atoms with Gasteiger partial charge in [-0.25, -0.2) is 0 Å². The van der Waals surface area contributed by atoms with E-state index in [9.17, 15) is 9.59 Å². The predicted octanol–water partition coefficient (Wildman–Crippen LogP) is 1.89. The van der Waals surface area contributed by atoms with E-state index in [1.54, 1.807) is 0 Å². The number of ether oxygens (including phenoxy) is 1. The molecule has 126 valence electrons. The van der Waals surface area contributed by atoms with Crippen molar-refractivity contribution in [1.82, 2.24) is 16.2 Å². The summed E-state index contributed by atoms with van der Waals surface area (Å²) in [4.78, 5) is 23.1. The molecule has 1 aromatic rings. The van der Waals surface area contributed by atoms with Gasteiger partial charge in [-0.05, 0) is 44.1 Å². The van der Waals surface area contributed by atoms with Crippen LogP contribution in [0.25, 0.3) is 0 Å². The van der Waals surface area contributed by atoms with Crippen LogP contribution in [0.5, 0.6) is 5.75 Å². The van der Waals surface area contributed by atoms with Crippen LogP contribution in [0.1, 0.15) is 37.3 Å². The van der Waals surface area contributed by atoms with Crippen LogP contribution in [0.4, 0.5) is 0 Å². The molecule has 0 fully saturated rings. The molecule has 0 saturated heterocycles. The van der Waals surface area contributed by atoms with Gasteiger partial charge in [-0.15, -0.1) is 0 Å². The Balaban J connectivity index is 2.28. The van der Waals surface area contributed by atoms with Crippen molar-refractivity contribution < 1.29 is 14.3 Å². The van der Waals surface area contributed by atoms with Crippen LogP contribution < -0.4 is 20.9 Å². The fourth-order valence-corrected chi connectivity index (χ4v) is 1.99. The van der Waals surface area contributed by atoms with Crippen molar-refractivity contribution in [3.8, 4) is 5.75 Å². The Morgan fingerprint density at radius 3 is 2.57 bits per heavy atom. The Kier molecular flexibility index (Phi) is 8.04. The molecule has 7 heteroatoms. The first-order chi connectivity index (χ1) is 10.9. The Morgan fingerprint density at radius 1 is 1.17 bits per heavy atom. The van der Waals surface area contributed by atoms with E-state index in [2.05, 4.69) is 16.2 Å². The van der Waals surface area contributed by atoms with Crippen molar-refractivity contribution >= 4 is 29.1 Å². The monoisotopic (exact) mass is 337 g/mol. The number of thiocarbonyl (C=S) groups is 1. The average molecular weight is 337 g/mol. The second kappa shape index (κ2) is 9.78. The van der Waals surface area contributed by atoms with Gasteiger partial charge in [0.1, 0.15) is 5.75 Å². The maximum atomic E-state index is 11.7. The number of rotatable bonds is 6. The number of amides is 2. The highest BCUT2D eigenvalue weighted by Gasteiger charge is 2.07. The van der Waals surface area contributed by atoms with E-state index in [1.807, 2.05) is 39.0 Å². The number of benzene rings is 1. The summed E-state index contributed by atoms with van der Waals surface area (Å²) in [6, 6.07) is 5.72. The van der Waals surface area contributed by atoms with E-state index in [0.29, 0.717) is 12.2 Å². The molecule has 0 aromatic heterocycles. The van der Waals surface area contributed by atoms with E-state index in [1.165, 1.54) is 0 Å². The minimum atomic E-state index is -0.393. The molecule has 3 N–H and O–H groups in total. The molecule has 6 nitrogen and oxygen atoms in total. The van der Waals surface area contributed by atoms with Crippen molar-refractivity contribution in [3.63, 3.8) is 0 Å². The highest BCUT2D eigenvalue weighted by molar-refractivity contribution is 7.80. The molecule has 23 heavy (non-hydrogen) atoms. The van der Waals surface area contributed by atoms with Gasteiger partial charge in [0.2, 0.25) is 5.91 Å². The lowest BCUT2D eigenvalue weighted by Gasteiger charge is -2.12. The van der Waals surface area contributed by atoms with Gasteiger partial charge < -0.3 is 10.1 Å². The summed E-state index contributed by atoms with van der Waals surface area (Å²) in [6.07, 6.45) is 2.13. The van der Waals surface area contributed by atoms with Crippen LogP contribution in [0.2, 0.25) is 0 Å². The highest BCUT2D eigenvalue weighted by Crippen LogP contribution is 2.18. The lowest BCUT2D eigenvalue weighted by atomic mass is 10.1. The van der Waals surface area contributed by atoms with E-state index in [-0.39, 0.29) is 17.6 Å². The normalized spacial score (nSPS) is 9.87. The van der Waals surface area contributed by atoms with Crippen LogP contribution in [-0.2, 0) is 9.59 Å². The Hall–Kier alpha value is -2.15. The number of aryl methyl sites for hydroxylation is 2. The first-order valence-electron chi connectivity index (χ1n) is 7.51. The second-order valence-electron chi connectivity index (χ2n) is 5.21. The minimum Gasteiger partial charge on any atom is -0.483 e. The molecule has 0 heterocycles. The molecule has 0 aliphatic heterocycles. The van der Waals surface area contributed by atoms with Crippen LogP contribution in [0, 0.1) is 13.8 Å². The molecular formula is C16H23N3O3S. The van der Waals surface area contributed by atoms with Gasteiger partial charge in [0.05, 0.1) is 0 Å². The Morgan fingerprint density at radius 2 is 1.91 bits per heavy atom.